The quantitative estimate of drug-likeness (QED) is 0.481. The number of fused-ring (bicyclic) bond motifs is 1. The number of hydrogen-bond acceptors (Lipinski definition) is 5. The summed E-state index contributed by atoms with van der Waals surface area (Å²) >= 11 is 6.01. The summed E-state index contributed by atoms with van der Waals surface area (Å²) in [5.41, 5.74) is 1.72. The number of rotatable bonds is 7. The number of anilines is 1. The number of likely N-dealkylation sites (N-methyl/N-ethyl adjacent to an activating group) is 1. The average Bonchev–Trinajstić information content (AvgIpc) is 2.82. The lowest BCUT2D eigenvalue weighted by atomic mass is 10.1. The van der Waals surface area contributed by atoms with Gasteiger partial charge in [0.05, 0.1) is 5.69 Å². The van der Waals surface area contributed by atoms with Crippen LogP contribution in [0.15, 0.2) is 48.2 Å². The summed E-state index contributed by atoms with van der Waals surface area (Å²) in [6.45, 7) is 9.28. The fourth-order valence-corrected chi connectivity index (χ4v) is 4.18. The standard InChI is InChI=1S/C25H29ClN4O3/c1-2-29-11-13-30(14-12-29)10-4-9-27-24(31)19-7-8-22-21(17-19)28-25(32)23(33-22)16-18-5-3-6-20(26)15-18/h3,5-8,15-17H,2,4,9-14H2,1H3,(H,27,31)(H,28,32)/b23-16-. The van der Waals surface area contributed by atoms with Gasteiger partial charge in [-0.3, -0.25) is 9.59 Å². The van der Waals surface area contributed by atoms with E-state index in [9.17, 15) is 9.59 Å². The number of hydrogen-bond donors (Lipinski definition) is 2. The molecular formula is C25H29ClN4O3. The van der Waals surface area contributed by atoms with Crippen LogP contribution in [0.4, 0.5) is 5.69 Å². The van der Waals surface area contributed by atoms with Gasteiger partial charge in [0.15, 0.2) is 11.5 Å². The zero-order chi connectivity index (χ0) is 23.2. The first-order chi connectivity index (χ1) is 16.0. The number of carbonyl (C=O) groups excluding carboxylic acids is 2. The largest absolute Gasteiger partial charge is 0.449 e. The highest BCUT2D eigenvalue weighted by molar-refractivity contribution is 6.30. The smallest absolute Gasteiger partial charge is 0.291 e. The number of carbonyl (C=O) groups is 2. The number of nitrogens with one attached hydrogen (secondary N) is 2. The molecule has 0 radical (unpaired) electrons. The normalized spacial score (nSPS) is 17.9. The number of ether oxygens (including phenoxy) is 1. The van der Waals surface area contributed by atoms with Crippen LogP contribution in [0.3, 0.4) is 0 Å². The summed E-state index contributed by atoms with van der Waals surface area (Å²) in [6, 6.07) is 12.2. The van der Waals surface area contributed by atoms with Crippen LogP contribution in [0.1, 0.15) is 29.3 Å². The summed E-state index contributed by atoms with van der Waals surface area (Å²) in [5.74, 6) is 0.124. The van der Waals surface area contributed by atoms with E-state index in [1.165, 1.54) is 0 Å². The maximum Gasteiger partial charge on any atom is 0.291 e. The molecule has 2 amide bonds. The summed E-state index contributed by atoms with van der Waals surface area (Å²) in [6.07, 6.45) is 2.53. The molecule has 2 heterocycles. The van der Waals surface area contributed by atoms with Gasteiger partial charge in [-0.05, 0) is 61.5 Å². The SMILES string of the molecule is CCN1CCN(CCCNC(=O)c2ccc3c(c2)NC(=O)/C(=C/c2cccc(Cl)c2)O3)CC1. The Bertz CT molecular complexity index is 1050. The monoisotopic (exact) mass is 468 g/mol. The van der Waals surface area contributed by atoms with Crippen molar-refractivity contribution in [3.8, 4) is 5.75 Å². The molecule has 2 aromatic carbocycles. The van der Waals surface area contributed by atoms with E-state index in [0.29, 0.717) is 28.6 Å². The second-order valence-electron chi connectivity index (χ2n) is 8.22. The summed E-state index contributed by atoms with van der Waals surface area (Å²) in [5, 5.41) is 6.35. The van der Waals surface area contributed by atoms with Gasteiger partial charge >= 0.3 is 0 Å². The molecule has 0 bridgehead atoms. The van der Waals surface area contributed by atoms with E-state index in [1.807, 2.05) is 6.07 Å². The highest BCUT2D eigenvalue weighted by atomic mass is 35.5. The molecular weight excluding hydrogens is 440 g/mol. The Morgan fingerprint density at radius 2 is 1.94 bits per heavy atom. The zero-order valence-electron chi connectivity index (χ0n) is 18.8. The van der Waals surface area contributed by atoms with E-state index < -0.39 is 0 Å². The van der Waals surface area contributed by atoms with Crippen molar-refractivity contribution in [3.05, 3.63) is 64.4 Å². The molecule has 174 valence electrons. The predicted molar refractivity (Wildman–Crippen MR) is 131 cm³/mol. The number of halogens is 1. The van der Waals surface area contributed by atoms with Crippen molar-refractivity contribution >= 4 is 35.2 Å². The van der Waals surface area contributed by atoms with Crippen molar-refractivity contribution in [2.24, 2.45) is 0 Å². The number of benzene rings is 2. The molecule has 2 aliphatic heterocycles. The topological polar surface area (TPSA) is 73.9 Å². The molecule has 2 aliphatic rings. The first-order valence-electron chi connectivity index (χ1n) is 11.4. The van der Waals surface area contributed by atoms with Crippen LogP contribution in [0.5, 0.6) is 5.75 Å². The van der Waals surface area contributed by atoms with Gasteiger partial charge in [0.2, 0.25) is 0 Å². The van der Waals surface area contributed by atoms with E-state index >= 15 is 0 Å². The fraction of sp³-hybridized carbons (Fsp3) is 0.360. The van der Waals surface area contributed by atoms with Crippen molar-refractivity contribution in [3.63, 3.8) is 0 Å². The Balaban J connectivity index is 1.30. The van der Waals surface area contributed by atoms with Crippen LogP contribution in [-0.4, -0.2) is 67.4 Å². The van der Waals surface area contributed by atoms with Gasteiger partial charge in [-0.25, -0.2) is 0 Å². The molecule has 1 saturated heterocycles. The van der Waals surface area contributed by atoms with Crippen molar-refractivity contribution in [2.75, 3.05) is 51.1 Å². The van der Waals surface area contributed by atoms with E-state index in [1.54, 1.807) is 42.5 Å². The Labute approximate surface area is 199 Å². The maximum atomic E-state index is 12.6. The van der Waals surface area contributed by atoms with Crippen molar-refractivity contribution in [1.29, 1.82) is 0 Å². The molecule has 1 fully saturated rings. The predicted octanol–water partition coefficient (Wildman–Crippen LogP) is 3.47. The van der Waals surface area contributed by atoms with Crippen LogP contribution >= 0.6 is 11.6 Å². The highest BCUT2D eigenvalue weighted by Crippen LogP contribution is 2.32. The molecule has 0 aromatic heterocycles. The molecule has 0 atom stereocenters. The molecule has 2 aromatic rings. The van der Waals surface area contributed by atoms with Gasteiger partial charge in [0.1, 0.15) is 0 Å². The lowest BCUT2D eigenvalue weighted by Crippen LogP contribution is -2.46. The summed E-state index contributed by atoms with van der Waals surface area (Å²) in [4.78, 5) is 30.0. The first-order valence-corrected chi connectivity index (χ1v) is 11.7. The van der Waals surface area contributed by atoms with Crippen LogP contribution in [0, 0.1) is 0 Å². The molecule has 7 nitrogen and oxygen atoms in total. The van der Waals surface area contributed by atoms with Gasteiger partial charge in [0, 0.05) is 43.3 Å². The molecule has 0 saturated carbocycles. The van der Waals surface area contributed by atoms with Gasteiger partial charge in [-0.15, -0.1) is 0 Å². The molecule has 4 rings (SSSR count). The van der Waals surface area contributed by atoms with Crippen LogP contribution in [-0.2, 0) is 4.79 Å². The third kappa shape index (κ3) is 6.13. The molecule has 0 unspecified atom stereocenters. The van der Waals surface area contributed by atoms with E-state index in [-0.39, 0.29) is 17.6 Å². The van der Waals surface area contributed by atoms with E-state index in [4.69, 9.17) is 16.3 Å². The third-order valence-corrected chi connectivity index (χ3v) is 6.16. The average molecular weight is 469 g/mol. The minimum absolute atomic E-state index is 0.164. The second-order valence-corrected chi connectivity index (χ2v) is 8.65. The Kier molecular flexibility index (Phi) is 7.65. The third-order valence-electron chi connectivity index (χ3n) is 5.93. The lowest BCUT2D eigenvalue weighted by molar-refractivity contribution is -0.115. The molecule has 2 N–H and O–H groups in total. The van der Waals surface area contributed by atoms with Crippen molar-refractivity contribution in [2.45, 2.75) is 13.3 Å². The van der Waals surface area contributed by atoms with Gasteiger partial charge in [-0.1, -0.05) is 30.7 Å². The lowest BCUT2D eigenvalue weighted by Gasteiger charge is -2.33. The summed E-state index contributed by atoms with van der Waals surface area (Å²) in [7, 11) is 0. The highest BCUT2D eigenvalue weighted by Gasteiger charge is 2.23. The minimum atomic E-state index is -0.372. The van der Waals surface area contributed by atoms with Gasteiger partial charge in [-0.2, -0.15) is 0 Å². The number of nitrogens with zero attached hydrogens (tertiary/aromatic N) is 2. The van der Waals surface area contributed by atoms with Crippen molar-refractivity contribution < 1.29 is 14.3 Å². The number of amides is 2. The van der Waals surface area contributed by atoms with E-state index in [2.05, 4.69) is 27.4 Å². The Morgan fingerprint density at radius 3 is 2.70 bits per heavy atom. The molecule has 0 spiro atoms. The minimum Gasteiger partial charge on any atom is -0.449 e. The zero-order valence-corrected chi connectivity index (χ0v) is 19.5. The molecule has 0 aliphatic carbocycles. The fourth-order valence-electron chi connectivity index (χ4n) is 3.99. The van der Waals surface area contributed by atoms with Crippen molar-refractivity contribution in [1.82, 2.24) is 15.1 Å². The Morgan fingerprint density at radius 1 is 1.15 bits per heavy atom. The first kappa shape index (κ1) is 23.3. The van der Waals surface area contributed by atoms with E-state index in [0.717, 1.165) is 51.3 Å². The number of piperazine rings is 1. The molecule has 8 heteroatoms. The van der Waals surface area contributed by atoms with Crippen LogP contribution in [0.25, 0.3) is 6.08 Å². The van der Waals surface area contributed by atoms with Gasteiger partial charge < -0.3 is 25.2 Å². The van der Waals surface area contributed by atoms with Gasteiger partial charge in [0.25, 0.3) is 11.8 Å². The maximum absolute atomic E-state index is 12.6. The van der Waals surface area contributed by atoms with Crippen LogP contribution in [0.2, 0.25) is 5.02 Å². The Hall–Kier alpha value is -2.87. The summed E-state index contributed by atoms with van der Waals surface area (Å²) < 4.78 is 5.77. The van der Waals surface area contributed by atoms with Crippen LogP contribution < -0.4 is 15.4 Å². The second kappa shape index (κ2) is 10.8. The molecule has 33 heavy (non-hydrogen) atoms.